The van der Waals surface area contributed by atoms with Crippen molar-refractivity contribution in [3.05, 3.63) is 71.3 Å². The van der Waals surface area contributed by atoms with Gasteiger partial charge in [-0.25, -0.2) is 0 Å². The van der Waals surface area contributed by atoms with E-state index in [1.165, 1.54) is 29.5 Å². The highest BCUT2D eigenvalue weighted by Crippen LogP contribution is 2.41. The van der Waals surface area contributed by atoms with Crippen LogP contribution in [0.4, 0.5) is 0 Å². The monoisotopic (exact) mass is 293 g/mol. The number of rotatable bonds is 6. The Bertz CT molecular complexity index is 614. The summed E-state index contributed by atoms with van der Waals surface area (Å²) in [5, 5.41) is 3.25. The molecule has 1 atom stereocenters. The Hall–Kier alpha value is -2.09. The number of amides is 1. The van der Waals surface area contributed by atoms with Gasteiger partial charge in [0.15, 0.2) is 0 Å². The van der Waals surface area contributed by atoms with E-state index in [4.69, 9.17) is 0 Å². The molecule has 1 unspecified atom stereocenters. The van der Waals surface area contributed by atoms with Gasteiger partial charge in [0, 0.05) is 6.42 Å². The third-order valence-corrected chi connectivity index (χ3v) is 4.33. The Kier molecular flexibility index (Phi) is 4.57. The van der Waals surface area contributed by atoms with Gasteiger partial charge in [0.2, 0.25) is 5.91 Å². The molecule has 0 radical (unpaired) electrons. The average molecular weight is 293 g/mol. The van der Waals surface area contributed by atoms with Gasteiger partial charge in [0.25, 0.3) is 0 Å². The number of benzene rings is 2. The molecule has 0 saturated heterocycles. The molecular weight excluding hydrogens is 270 g/mol. The van der Waals surface area contributed by atoms with Gasteiger partial charge in [-0.05, 0) is 43.2 Å². The first-order chi connectivity index (χ1) is 10.7. The minimum absolute atomic E-state index is 0.154. The van der Waals surface area contributed by atoms with Crippen molar-refractivity contribution in [1.29, 1.82) is 0 Å². The van der Waals surface area contributed by atoms with Crippen molar-refractivity contribution in [1.82, 2.24) is 5.32 Å². The molecule has 2 heteroatoms. The van der Waals surface area contributed by atoms with Crippen molar-refractivity contribution in [2.75, 3.05) is 0 Å². The van der Waals surface area contributed by atoms with Crippen LogP contribution in [0.3, 0.4) is 0 Å². The average Bonchev–Trinajstić information content (AvgIpc) is 3.37. The molecule has 0 aliphatic heterocycles. The van der Waals surface area contributed by atoms with Crippen molar-refractivity contribution in [2.24, 2.45) is 5.92 Å². The summed E-state index contributed by atoms with van der Waals surface area (Å²) in [5.41, 5.74) is 3.71. The second-order valence-corrected chi connectivity index (χ2v) is 6.28. The lowest BCUT2D eigenvalue weighted by Crippen LogP contribution is -2.30. The fraction of sp³-hybridized carbons (Fsp3) is 0.350. The Morgan fingerprint density at radius 3 is 2.41 bits per heavy atom. The quantitative estimate of drug-likeness (QED) is 0.850. The van der Waals surface area contributed by atoms with Crippen LogP contribution in [0.1, 0.15) is 42.0 Å². The van der Waals surface area contributed by atoms with Gasteiger partial charge >= 0.3 is 0 Å². The summed E-state index contributed by atoms with van der Waals surface area (Å²) in [5.74, 6) is 0.768. The Balaban J connectivity index is 1.59. The van der Waals surface area contributed by atoms with Crippen LogP contribution in [-0.4, -0.2) is 5.91 Å². The zero-order valence-corrected chi connectivity index (χ0v) is 13.1. The molecule has 1 aliphatic rings. The first-order valence-electron chi connectivity index (χ1n) is 8.12. The summed E-state index contributed by atoms with van der Waals surface area (Å²) < 4.78 is 0. The predicted molar refractivity (Wildman–Crippen MR) is 89.5 cm³/mol. The topological polar surface area (TPSA) is 29.1 Å². The SMILES string of the molecule is Cc1ccc(C(NC(=O)CCc2ccccc2)C2CC2)cc1. The highest BCUT2D eigenvalue weighted by molar-refractivity contribution is 5.76. The van der Waals surface area contributed by atoms with Gasteiger partial charge in [-0.2, -0.15) is 0 Å². The van der Waals surface area contributed by atoms with E-state index >= 15 is 0 Å². The lowest BCUT2D eigenvalue weighted by atomic mass is 10.0. The van der Waals surface area contributed by atoms with Gasteiger partial charge in [-0.1, -0.05) is 60.2 Å². The highest BCUT2D eigenvalue weighted by Gasteiger charge is 2.33. The lowest BCUT2D eigenvalue weighted by Gasteiger charge is -2.19. The van der Waals surface area contributed by atoms with E-state index in [0.717, 1.165) is 6.42 Å². The van der Waals surface area contributed by atoms with Crippen LogP contribution in [-0.2, 0) is 11.2 Å². The Morgan fingerprint density at radius 2 is 1.77 bits per heavy atom. The van der Waals surface area contributed by atoms with E-state index in [2.05, 4.69) is 48.6 Å². The molecule has 1 fully saturated rings. The van der Waals surface area contributed by atoms with E-state index in [9.17, 15) is 4.79 Å². The largest absolute Gasteiger partial charge is 0.349 e. The van der Waals surface area contributed by atoms with Crippen LogP contribution < -0.4 is 5.32 Å². The molecule has 0 bridgehead atoms. The smallest absolute Gasteiger partial charge is 0.220 e. The van der Waals surface area contributed by atoms with Crippen LogP contribution in [0.5, 0.6) is 0 Å². The van der Waals surface area contributed by atoms with Gasteiger partial charge in [0.1, 0.15) is 0 Å². The molecule has 1 saturated carbocycles. The highest BCUT2D eigenvalue weighted by atomic mass is 16.1. The number of nitrogens with one attached hydrogen (secondary N) is 1. The number of hydrogen-bond donors (Lipinski definition) is 1. The summed E-state index contributed by atoms with van der Waals surface area (Å²) in [7, 11) is 0. The van der Waals surface area contributed by atoms with Crippen LogP contribution in [0.25, 0.3) is 0 Å². The second-order valence-electron chi connectivity index (χ2n) is 6.28. The summed E-state index contributed by atoms with van der Waals surface area (Å²) in [6.07, 6.45) is 3.80. The predicted octanol–water partition coefficient (Wildman–Crippen LogP) is 4.20. The van der Waals surface area contributed by atoms with Crippen molar-refractivity contribution in [3.8, 4) is 0 Å². The van der Waals surface area contributed by atoms with Gasteiger partial charge in [0.05, 0.1) is 6.04 Å². The summed E-state index contributed by atoms with van der Waals surface area (Å²) in [6, 6.07) is 18.9. The summed E-state index contributed by atoms with van der Waals surface area (Å²) in [6.45, 7) is 2.09. The van der Waals surface area contributed by atoms with Gasteiger partial charge in [-0.15, -0.1) is 0 Å². The maximum absolute atomic E-state index is 12.3. The molecule has 0 spiro atoms. The second kappa shape index (κ2) is 6.78. The van der Waals surface area contributed by atoms with Crippen LogP contribution in [0.15, 0.2) is 54.6 Å². The molecule has 2 aromatic rings. The standard InChI is InChI=1S/C20H23NO/c1-15-7-10-17(11-8-15)20(18-12-13-18)21-19(22)14-9-16-5-3-2-4-6-16/h2-8,10-11,18,20H,9,12-14H2,1H3,(H,21,22). The lowest BCUT2D eigenvalue weighted by molar-refractivity contribution is -0.122. The van der Waals surface area contributed by atoms with Gasteiger partial charge in [-0.3, -0.25) is 4.79 Å². The third-order valence-electron chi connectivity index (χ3n) is 4.33. The van der Waals surface area contributed by atoms with E-state index in [0.29, 0.717) is 12.3 Å². The minimum Gasteiger partial charge on any atom is -0.349 e. The fourth-order valence-electron chi connectivity index (χ4n) is 2.82. The van der Waals surface area contributed by atoms with Crippen molar-refractivity contribution in [2.45, 2.75) is 38.6 Å². The maximum Gasteiger partial charge on any atom is 0.220 e. The number of aryl methyl sites for hydroxylation is 2. The maximum atomic E-state index is 12.3. The Labute approximate surface area is 132 Å². The van der Waals surface area contributed by atoms with Crippen LogP contribution >= 0.6 is 0 Å². The van der Waals surface area contributed by atoms with Crippen molar-refractivity contribution >= 4 is 5.91 Å². The molecule has 0 heterocycles. The van der Waals surface area contributed by atoms with Gasteiger partial charge < -0.3 is 5.32 Å². The first kappa shape index (κ1) is 14.8. The zero-order valence-electron chi connectivity index (χ0n) is 13.1. The van der Waals surface area contributed by atoms with Crippen LogP contribution in [0, 0.1) is 12.8 Å². The van der Waals surface area contributed by atoms with Crippen molar-refractivity contribution < 1.29 is 4.79 Å². The first-order valence-corrected chi connectivity index (χ1v) is 8.12. The summed E-state index contributed by atoms with van der Waals surface area (Å²) in [4.78, 5) is 12.3. The third kappa shape index (κ3) is 3.97. The molecule has 0 aromatic heterocycles. The molecule has 3 rings (SSSR count). The number of carbonyl (C=O) groups excluding carboxylic acids is 1. The normalized spacial score (nSPS) is 15.3. The molecule has 1 N–H and O–H groups in total. The molecule has 1 aliphatic carbocycles. The van der Waals surface area contributed by atoms with E-state index in [-0.39, 0.29) is 11.9 Å². The van der Waals surface area contributed by atoms with E-state index < -0.39 is 0 Å². The zero-order chi connectivity index (χ0) is 15.4. The molecule has 1 amide bonds. The molecule has 114 valence electrons. The number of hydrogen-bond acceptors (Lipinski definition) is 1. The summed E-state index contributed by atoms with van der Waals surface area (Å²) >= 11 is 0. The van der Waals surface area contributed by atoms with Crippen LogP contribution in [0.2, 0.25) is 0 Å². The fourth-order valence-corrected chi connectivity index (χ4v) is 2.82. The minimum atomic E-state index is 0.154. The molecule has 2 nitrogen and oxygen atoms in total. The van der Waals surface area contributed by atoms with Crippen molar-refractivity contribution in [3.63, 3.8) is 0 Å². The molecule has 2 aromatic carbocycles. The molecule has 22 heavy (non-hydrogen) atoms. The molecular formula is C20H23NO. The number of carbonyl (C=O) groups is 1. The Morgan fingerprint density at radius 1 is 1.09 bits per heavy atom. The van der Waals surface area contributed by atoms with E-state index in [1.807, 2.05) is 18.2 Å². The van der Waals surface area contributed by atoms with E-state index in [1.54, 1.807) is 0 Å².